The van der Waals surface area contributed by atoms with Crippen molar-refractivity contribution in [3.05, 3.63) is 39.9 Å². The molecule has 98 valence electrons. The number of amides is 1. The van der Waals surface area contributed by atoms with Crippen molar-refractivity contribution in [1.82, 2.24) is 5.32 Å². The maximum absolute atomic E-state index is 11.7. The number of carbonyl (C=O) groups is 1. The number of nitrogens with one attached hydrogen (secondary N) is 1. The number of rotatable bonds is 7. The van der Waals surface area contributed by atoms with Crippen LogP contribution in [0, 0.1) is 10.1 Å². The van der Waals surface area contributed by atoms with Crippen molar-refractivity contribution < 1.29 is 14.8 Å². The predicted octanol–water partition coefficient (Wildman–Crippen LogP) is 1.49. The van der Waals surface area contributed by atoms with Gasteiger partial charge in [0.2, 0.25) is 0 Å². The van der Waals surface area contributed by atoms with E-state index in [-0.39, 0.29) is 23.8 Å². The van der Waals surface area contributed by atoms with Gasteiger partial charge in [-0.1, -0.05) is 6.07 Å². The fourth-order valence-corrected chi connectivity index (χ4v) is 1.48. The highest BCUT2D eigenvalue weighted by atomic mass is 16.6. The molecule has 0 aliphatic carbocycles. The summed E-state index contributed by atoms with van der Waals surface area (Å²) in [6.45, 7) is 0.653. The average molecular weight is 252 g/mol. The van der Waals surface area contributed by atoms with Crippen molar-refractivity contribution in [2.24, 2.45) is 0 Å². The van der Waals surface area contributed by atoms with Gasteiger partial charge in [-0.05, 0) is 25.3 Å². The molecule has 0 aliphatic heterocycles. The highest BCUT2D eigenvalue weighted by Crippen LogP contribution is 2.12. The molecule has 0 heterocycles. The smallest absolute Gasteiger partial charge is 0.270 e. The zero-order valence-corrected chi connectivity index (χ0v) is 9.96. The van der Waals surface area contributed by atoms with Gasteiger partial charge in [-0.25, -0.2) is 0 Å². The number of nitrogens with zero attached hydrogens (tertiary/aromatic N) is 1. The minimum absolute atomic E-state index is 0.0945. The van der Waals surface area contributed by atoms with Gasteiger partial charge in [0.05, 0.1) is 4.92 Å². The average Bonchev–Trinajstić information content (AvgIpc) is 2.38. The van der Waals surface area contributed by atoms with E-state index in [1.165, 1.54) is 24.3 Å². The summed E-state index contributed by atoms with van der Waals surface area (Å²) in [5.74, 6) is -0.317. The van der Waals surface area contributed by atoms with Crippen molar-refractivity contribution in [2.45, 2.75) is 19.3 Å². The summed E-state index contributed by atoms with van der Waals surface area (Å²) in [6.07, 6.45) is 2.33. The summed E-state index contributed by atoms with van der Waals surface area (Å²) < 4.78 is 0. The molecular weight excluding hydrogens is 236 g/mol. The minimum Gasteiger partial charge on any atom is -0.396 e. The van der Waals surface area contributed by atoms with E-state index in [0.717, 1.165) is 12.8 Å². The molecule has 0 saturated carbocycles. The third-order valence-corrected chi connectivity index (χ3v) is 2.44. The number of nitro groups is 1. The normalized spacial score (nSPS) is 10.1. The quantitative estimate of drug-likeness (QED) is 0.437. The van der Waals surface area contributed by atoms with Crippen LogP contribution in [-0.2, 0) is 0 Å². The highest BCUT2D eigenvalue weighted by Gasteiger charge is 2.10. The Morgan fingerprint density at radius 2 is 2.11 bits per heavy atom. The third kappa shape index (κ3) is 4.50. The number of benzene rings is 1. The molecule has 1 aromatic rings. The number of carbonyl (C=O) groups excluding carboxylic acids is 1. The Hall–Kier alpha value is -1.95. The largest absolute Gasteiger partial charge is 0.396 e. The topological polar surface area (TPSA) is 92.5 Å². The fourth-order valence-electron chi connectivity index (χ4n) is 1.48. The number of aliphatic hydroxyl groups is 1. The molecule has 0 fully saturated rings. The number of aliphatic hydroxyl groups excluding tert-OH is 1. The molecule has 1 amide bonds. The molecule has 1 aromatic carbocycles. The number of nitro benzene ring substituents is 1. The van der Waals surface area contributed by atoms with Crippen LogP contribution in [0.1, 0.15) is 29.6 Å². The molecule has 6 nitrogen and oxygen atoms in total. The zero-order valence-electron chi connectivity index (χ0n) is 9.96. The van der Waals surface area contributed by atoms with Gasteiger partial charge >= 0.3 is 0 Å². The zero-order chi connectivity index (χ0) is 13.4. The Labute approximate surface area is 105 Å². The van der Waals surface area contributed by atoms with Crippen LogP contribution in [0.4, 0.5) is 5.69 Å². The Kier molecular flexibility index (Phi) is 5.79. The van der Waals surface area contributed by atoms with E-state index in [2.05, 4.69) is 5.32 Å². The number of unbranched alkanes of at least 4 members (excludes halogenated alkanes) is 2. The van der Waals surface area contributed by atoms with E-state index < -0.39 is 4.92 Å². The van der Waals surface area contributed by atoms with Gasteiger partial charge in [0, 0.05) is 30.8 Å². The molecule has 6 heteroatoms. The molecule has 0 aliphatic rings. The van der Waals surface area contributed by atoms with Gasteiger partial charge in [0.1, 0.15) is 0 Å². The lowest BCUT2D eigenvalue weighted by molar-refractivity contribution is -0.384. The number of hydrogen-bond donors (Lipinski definition) is 2. The molecule has 0 radical (unpaired) electrons. The lowest BCUT2D eigenvalue weighted by atomic mass is 10.2. The minimum atomic E-state index is -0.530. The van der Waals surface area contributed by atoms with Crippen LogP contribution in [-0.4, -0.2) is 29.1 Å². The first-order chi connectivity index (χ1) is 8.65. The standard InChI is InChI=1S/C12H16N2O4/c15-8-3-1-2-7-13-12(16)10-5-4-6-11(9-10)14(17)18/h4-6,9,15H,1-3,7-8H2,(H,13,16). The van der Waals surface area contributed by atoms with Gasteiger partial charge in [-0.2, -0.15) is 0 Å². The summed E-state index contributed by atoms with van der Waals surface area (Å²) in [5, 5.41) is 21.8. The second kappa shape index (κ2) is 7.39. The summed E-state index contributed by atoms with van der Waals surface area (Å²) in [5.41, 5.74) is 0.189. The lowest BCUT2D eigenvalue weighted by Gasteiger charge is -2.04. The van der Waals surface area contributed by atoms with Crippen molar-refractivity contribution in [3.63, 3.8) is 0 Å². The van der Waals surface area contributed by atoms with E-state index >= 15 is 0 Å². The summed E-state index contributed by atoms with van der Waals surface area (Å²) in [7, 11) is 0. The van der Waals surface area contributed by atoms with Gasteiger partial charge in [-0.15, -0.1) is 0 Å². The first-order valence-electron chi connectivity index (χ1n) is 5.78. The maximum atomic E-state index is 11.7. The van der Waals surface area contributed by atoms with Gasteiger partial charge in [0.15, 0.2) is 0 Å². The number of hydrogen-bond acceptors (Lipinski definition) is 4. The molecule has 0 aromatic heterocycles. The summed E-state index contributed by atoms with van der Waals surface area (Å²) in [4.78, 5) is 21.7. The van der Waals surface area contributed by atoms with E-state index in [0.29, 0.717) is 13.0 Å². The molecule has 0 unspecified atom stereocenters. The number of non-ortho nitro benzene ring substituents is 1. The van der Waals surface area contributed by atoms with Crippen molar-refractivity contribution in [2.75, 3.05) is 13.2 Å². The Morgan fingerprint density at radius 3 is 2.78 bits per heavy atom. The van der Waals surface area contributed by atoms with Crippen molar-refractivity contribution >= 4 is 11.6 Å². The van der Waals surface area contributed by atoms with Crippen LogP contribution in [0.3, 0.4) is 0 Å². The van der Waals surface area contributed by atoms with Crippen molar-refractivity contribution in [1.29, 1.82) is 0 Å². The Morgan fingerprint density at radius 1 is 1.33 bits per heavy atom. The van der Waals surface area contributed by atoms with E-state index in [1.54, 1.807) is 0 Å². The van der Waals surface area contributed by atoms with Crippen LogP contribution < -0.4 is 5.32 Å². The van der Waals surface area contributed by atoms with Crippen LogP contribution in [0.2, 0.25) is 0 Å². The van der Waals surface area contributed by atoms with Crippen LogP contribution >= 0.6 is 0 Å². The first kappa shape index (κ1) is 14.1. The van der Waals surface area contributed by atoms with Crippen LogP contribution in [0.25, 0.3) is 0 Å². The molecule has 0 atom stereocenters. The third-order valence-electron chi connectivity index (χ3n) is 2.44. The van der Waals surface area contributed by atoms with Crippen LogP contribution in [0.5, 0.6) is 0 Å². The predicted molar refractivity (Wildman–Crippen MR) is 66.4 cm³/mol. The highest BCUT2D eigenvalue weighted by molar-refractivity contribution is 5.94. The molecule has 0 spiro atoms. The molecule has 0 saturated heterocycles. The Balaban J connectivity index is 2.46. The molecule has 2 N–H and O–H groups in total. The van der Waals surface area contributed by atoms with Gasteiger partial charge in [-0.3, -0.25) is 14.9 Å². The first-order valence-corrected chi connectivity index (χ1v) is 5.78. The van der Waals surface area contributed by atoms with E-state index in [4.69, 9.17) is 5.11 Å². The maximum Gasteiger partial charge on any atom is 0.270 e. The van der Waals surface area contributed by atoms with Crippen molar-refractivity contribution in [3.8, 4) is 0 Å². The van der Waals surface area contributed by atoms with Crippen LogP contribution in [0.15, 0.2) is 24.3 Å². The second-order valence-corrected chi connectivity index (χ2v) is 3.85. The second-order valence-electron chi connectivity index (χ2n) is 3.85. The fraction of sp³-hybridized carbons (Fsp3) is 0.417. The van der Waals surface area contributed by atoms with Gasteiger partial charge in [0.25, 0.3) is 11.6 Å². The van der Waals surface area contributed by atoms with Gasteiger partial charge < -0.3 is 10.4 Å². The SMILES string of the molecule is O=C(NCCCCCO)c1cccc([N+](=O)[O-])c1. The van der Waals surface area contributed by atoms with E-state index in [1.807, 2.05) is 0 Å². The Bertz CT molecular complexity index is 420. The molecule has 18 heavy (non-hydrogen) atoms. The lowest BCUT2D eigenvalue weighted by Crippen LogP contribution is -2.24. The molecular formula is C12H16N2O4. The summed E-state index contributed by atoms with van der Waals surface area (Å²) in [6, 6.07) is 5.62. The van der Waals surface area contributed by atoms with E-state index in [9.17, 15) is 14.9 Å². The monoisotopic (exact) mass is 252 g/mol. The molecule has 0 bridgehead atoms. The molecule has 1 rings (SSSR count). The summed E-state index contributed by atoms with van der Waals surface area (Å²) >= 11 is 0.